The predicted octanol–water partition coefficient (Wildman–Crippen LogP) is 3.54. The number of likely N-dealkylation sites (tertiary alicyclic amines) is 1. The van der Waals surface area contributed by atoms with Crippen molar-refractivity contribution in [3.8, 4) is 5.75 Å². The molecule has 212 valence electrons. The molecule has 1 fully saturated rings. The smallest absolute Gasteiger partial charge is 0.236 e. The Morgan fingerprint density at radius 3 is 2.45 bits per heavy atom. The normalized spacial score (nSPS) is 18.6. The number of carbonyl (C=O) groups excluding carboxylic acids is 3. The topological polar surface area (TPSA) is 73.4 Å². The van der Waals surface area contributed by atoms with Crippen molar-refractivity contribution in [3.63, 3.8) is 0 Å². The molecule has 2 aliphatic rings. The van der Waals surface area contributed by atoms with Gasteiger partial charge < -0.3 is 19.4 Å². The fourth-order valence-electron chi connectivity index (χ4n) is 5.51. The van der Waals surface area contributed by atoms with Crippen molar-refractivity contribution in [2.75, 3.05) is 60.0 Å². The van der Waals surface area contributed by atoms with Crippen LogP contribution in [0, 0.1) is 0 Å². The van der Waals surface area contributed by atoms with E-state index in [9.17, 15) is 14.4 Å². The van der Waals surface area contributed by atoms with E-state index in [1.165, 1.54) is 11.1 Å². The standard InChI is InChI=1S/C30H48N4O4/c1-5-7-14-33(15-8-6-2)30(37)22-34-21-26(24-9-10-28-25(19-24)13-18-38-28)20-27(34)11-16-32(23-35)17-12-29(36)31(3)4/h9-10,19,23,26-27H,5-8,11-18,20-22H2,1-4H3/t26?,27-/m0/s1. The van der Waals surface area contributed by atoms with Crippen LogP contribution in [0.4, 0.5) is 0 Å². The van der Waals surface area contributed by atoms with E-state index >= 15 is 0 Å². The molecule has 3 rings (SSSR count). The summed E-state index contributed by atoms with van der Waals surface area (Å²) >= 11 is 0. The van der Waals surface area contributed by atoms with Crippen LogP contribution in [0.3, 0.4) is 0 Å². The Morgan fingerprint density at radius 2 is 1.79 bits per heavy atom. The predicted molar refractivity (Wildman–Crippen MR) is 150 cm³/mol. The molecule has 2 heterocycles. The van der Waals surface area contributed by atoms with Crippen LogP contribution in [-0.4, -0.2) is 104 Å². The Labute approximate surface area is 229 Å². The third-order valence-electron chi connectivity index (χ3n) is 7.98. The van der Waals surface area contributed by atoms with Gasteiger partial charge in [-0.15, -0.1) is 0 Å². The minimum Gasteiger partial charge on any atom is -0.493 e. The van der Waals surface area contributed by atoms with Crippen LogP contribution in [0.2, 0.25) is 0 Å². The van der Waals surface area contributed by atoms with Crippen LogP contribution in [0.1, 0.15) is 75.8 Å². The minimum absolute atomic E-state index is 0.0184. The highest BCUT2D eigenvalue weighted by Gasteiger charge is 2.35. The van der Waals surface area contributed by atoms with Gasteiger partial charge in [0, 0.05) is 65.7 Å². The molecule has 3 amide bonds. The molecule has 0 radical (unpaired) electrons. The van der Waals surface area contributed by atoms with Gasteiger partial charge in [0.15, 0.2) is 0 Å². The van der Waals surface area contributed by atoms with Crippen LogP contribution < -0.4 is 4.74 Å². The lowest BCUT2D eigenvalue weighted by molar-refractivity contribution is -0.133. The molecule has 8 nitrogen and oxygen atoms in total. The van der Waals surface area contributed by atoms with E-state index < -0.39 is 0 Å². The number of hydrogen-bond acceptors (Lipinski definition) is 5. The molecule has 1 aromatic rings. The van der Waals surface area contributed by atoms with E-state index in [4.69, 9.17) is 4.74 Å². The van der Waals surface area contributed by atoms with Crippen LogP contribution in [0.15, 0.2) is 18.2 Å². The summed E-state index contributed by atoms with van der Waals surface area (Å²) in [5.74, 6) is 1.57. The Bertz CT molecular complexity index is 914. The van der Waals surface area contributed by atoms with Gasteiger partial charge in [0.1, 0.15) is 5.75 Å². The third kappa shape index (κ3) is 8.45. The minimum atomic E-state index is 0.0184. The van der Waals surface area contributed by atoms with Crippen LogP contribution in [-0.2, 0) is 20.8 Å². The Morgan fingerprint density at radius 1 is 1.05 bits per heavy atom. The molecule has 2 atom stereocenters. The Kier molecular flexibility index (Phi) is 11.9. The molecule has 2 aliphatic heterocycles. The third-order valence-corrected chi connectivity index (χ3v) is 7.98. The van der Waals surface area contributed by atoms with Gasteiger partial charge in [0.05, 0.1) is 13.2 Å². The average molecular weight is 529 g/mol. The van der Waals surface area contributed by atoms with E-state index in [1.807, 2.05) is 0 Å². The van der Waals surface area contributed by atoms with Gasteiger partial charge in [-0.1, -0.05) is 38.8 Å². The number of fused-ring (bicyclic) bond motifs is 1. The molecule has 1 unspecified atom stereocenters. The molecular weight excluding hydrogens is 480 g/mol. The SMILES string of the molecule is CCCCN(CCCC)C(=O)CN1CC(c2ccc3c(c2)CCO3)C[C@@H]1CCN(C=O)CCC(=O)N(C)C. The monoisotopic (exact) mass is 528 g/mol. The molecule has 0 aliphatic carbocycles. The number of nitrogens with zero attached hydrogens (tertiary/aromatic N) is 4. The fraction of sp³-hybridized carbons (Fsp3) is 0.700. The summed E-state index contributed by atoms with van der Waals surface area (Å²) in [5.41, 5.74) is 2.59. The maximum atomic E-state index is 13.4. The van der Waals surface area contributed by atoms with Crippen LogP contribution >= 0.6 is 0 Å². The Balaban J connectivity index is 1.69. The van der Waals surface area contributed by atoms with Crippen molar-refractivity contribution >= 4 is 18.2 Å². The van der Waals surface area contributed by atoms with Crippen molar-refractivity contribution < 1.29 is 19.1 Å². The summed E-state index contributed by atoms with van der Waals surface area (Å²) in [6.45, 7) is 8.97. The fourth-order valence-corrected chi connectivity index (χ4v) is 5.51. The second kappa shape index (κ2) is 15.1. The van der Waals surface area contributed by atoms with Gasteiger partial charge >= 0.3 is 0 Å². The first kappa shape index (κ1) is 29.9. The summed E-state index contributed by atoms with van der Waals surface area (Å²) in [6.07, 6.45) is 8.07. The van der Waals surface area contributed by atoms with Crippen molar-refractivity contribution in [1.29, 1.82) is 0 Å². The van der Waals surface area contributed by atoms with Gasteiger partial charge in [-0.05, 0) is 48.8 Å². The second-order valence-corrected chi connectivity index (χ2v) is 11.0. The molecule has 0 bridgehead atoms. The zero-order valence-electron chi connectivity index (χ0n) is 24.0. The maximum absolute atomic E-state index is 13.4. The molecule has 0 aromatic heterocycles. The van der Waals surface area contributed by atoms with Gasteiger partial charge in [-0.25, -0.2) is 0 Å². The number of ether oxygens (including phenoxy) is 1. The molecule has 0 saturated carbocycles. The van der Waals surface area contributed by atoms with Gasteiger partial charge in [0.25, 0.3) is 0 Å². The zero-order chi connectivity index (χ0) is 27.5. The van der Waals surface area contributed by atoms with Crippen LogP contribution in [0.5, 0.6) is 5.75 Å². The summed E-state index contributed by atoms with van der Waals surface area (Å²) in [5, 5.41) is 0. The highest BCUT2D eigenvalue weighted by atomic mass is 16.5. The lowest BCUT2D eigenvalue weighted by Gasteiger charge is -2.29. The first-order valence-corrected chi connectivity index (χ1v) is 14.5. The van der Waals surface area contributed by atoms with E-state index in [0.717, 1.165) is 83.3 Å². The average Bonchev–Trinajstić information content (AvgIpc) is 3.55. The summed E-state index contributed by atoms with van der Waals surface area (Å²) < 4.78 is 5.71. The lowest BCUT2D eigenvalue weighted by atomic mass is 9.93. The van der Waals surface area contributed by atoms with Crippen molar-refractivity contribution in [3.05, 3.63) is 29.3 Å². The largest absolute Gasteiger partial charge is 0.493 e. The van der Waals surface area contributed by atoms with Gasteiger partial charge in [-0.3, -0.25) is 19.3 Å². The number of unbranched alkanes of at least 4 members (excludes halogenated alkanes) is 2. The van der Waals surface area contributed by atoms with Crippen molar-refractivity contribution in [1.82, 2.24) is 19.6 Å². The first-order valence-electron chi connectivity index (χ1n) is 14.5. The van der Waals surface area contributed by atoms with Crippen LogP contribution in [0.25, 0.3) is 0 Å². The molecule has 1 saturated heterocycles. The number of hydrogen-bond donors (Lipinski definition) is 0. The van der Waals surface area contributed by atoms with Crippen molar-refractivity contribution in [2.45, 2.75) is 77.2 Å². The van der Waals surface area contributed by atoms with Gasteiger partial charge in [-0.2, -0.15) is 0 Å². The maximum Gasteiger partial charge on any atom is 0.236 e. The van der Waals surface area contributed by atoms with Crippen molar-refractivity contribution in [2.24, 2.45) is 0 Å². The molecule has 38 heavy (non-hydrogen) atoms. The van der Waals surface area contributed by atoms with Gasteiger partial charge in [0.2, 0.25) is 18.2 Å². The molecule has 0 spiro atoms. The highest BCUT2D eigenvalue weighted by molar-refractivity contribution is 5.78. The summed E-state index contributed by atoms with van der Waals surface area (Å²) in [6, 6.07) is 6.76. The zero-order valence-corrected chi connectivity index (χ0v) is 24.0. The first-order chi connectivity index (χ1) is 18.4. The van der Waals surface area contributed by atoms with E-state index in [2.05, 4.69) is 41.8 Å². The number of carbonyl (C=O) groups is 3. The molecule has 0 N–H and O–H groups in total. The second-order valence-electron chi connectivity index (χ2n) is 11.0. The number of benzene rings is 1. The summed E-state index contributed by atoms with van der Waals surface area (Å²) in [7, 11) is 3.47. The number of rotatable bonds is 16. The number of amides is 3. The van der Waals surface area contributed by atoms with E-state index in [1.54, 1.807) is 23.9 Å². The summed E-state index contributed by atoms with van der Waals surface area (Å²) in [4.78, 5) is 44.9. The molecule has 8 heteroatoms. The Hall–Kier alpha value is -2.61. The highest BCUT2D eigenvalue weighted by Crippen LogP contribution is 2.36. The molecular formula is C30H48N4O4. The molecule has 1 aromatic carbocycles. The van der Waals surface area contributed by atoms with E-state index in [-0.39, 0.29) is 17.9 Å². The lowest BCUT2D eigenvalue weighted by Crippen LogP contribution is -2.44. The quantitative estimate of drug-likeness (QED) is 0.307. The van der Waals surface area contributed by atoms with E-state index in [0.29, 0.717) is 32.0 Å².